The third-order valence-electron chi connectivity index (χ3n) is 1.33. The highest BCUT2D eigenvalue weighted by Gasteiger charge is 2.13. The Morgan fingerprint density at radius 3 is 2.75 bits per heavy atom. The minimum atomic E-state index is -0.792. The molecule has 0 radical (unpaired) electrons. The molecule has 4 heteroatoms. The summed E-state index contributed by atoms with van der Waals surface area (Å²) in [5.74, 6) is -0.490. The SMILES string of the molecule is CCCCOC(=O)C(C)OC=O. The van der Waals surface area contributed by atoms with Gasteiger partial charge in [-0.2, -0.15) is 0 Å². The molecule has 0 saturated carbocycles. The number of rotatable bonds is 6. The van der Waals surface area contributed by atoms with Crippen LogP contribution in [0.4, 0.5) is 0 Å². The average Bonchev–Trinajstić information content (AvgIpc) is 2.05. The monoisotopic (exact) mass is 174 g/mol. The third-order valence-corrected chi connectivity index (χ3v) is 1.33. The number of esters is 1. The Labute approximate surface area is 71.8 Å². The van der Waals surface area contributed by atoms with Crippen molar-refractivity contribution in [1.82, 2.24) is 0 Å². The smallest absolute Gasteiger partial charge is 0.347 e. The topological polar surface area (TPSA) is 52.6 Å². The molecule has 0 saturated heterocycles. The van der Waals surface area contributed by atoms with Gasteiger partial charge in [-0.05, 0) is 13.3 Å². The van der Waals surface area contributed by atoms with E-state index in [0.717, 1.165) is 12.8 Å². The van der Waals surface area contributed by atoms with E-state index in [4.69, 9.17) is 4.74 Å². The van der Waals surface area contributed by atoms with Gasteiger partial charge in [-0.25, -0.2) is 4.79 Å². The molecule has 1 unspecified atom stereocenters. The summed E-state index contributed by atoms with van der Waals surface area (Å²) in [5, 5.41) is 0. The normalized spacial score (nSPS) is 11.8. The van der Waals surface area contributed by atoms with Crippen LogP contribution in [0.5, 0.6) is 0 Å². The average molecular weight is 174 g/mol. The van der Waals surface area contributed by atoms with Gasteiger partial charge < -0.3 is 9.47 Å². The predicted octanol–water partition coefficient (Wildman–Crippen LogP) is 0.891. The molecule has 0 aliphatic heterocycles. The van der Waals surface area contributed by atoms with Crippen LogP contribution >= 0.6 is 0 Å². The van der Waals surface area contributed by atoms with Crippen LogP contribution in [0, 0.1) is 0 Å². The number of ether oxygens (including phenoxy) is 2. The highest BCUT2D eigenvalue weighted by atomic mass is 16.6. The summed E-state index contributed by atoms with van der Waals surface area (Å²) in [4.78, 5) is 20.7. The third kappa shape index (κ3) is 4.71. The van der Waals surface area contributed by atoms with Crippen molar-refractivity contribution in [2.24, 2.45) is 0 Å². The number of hydrogen-bond donors (Lipinski definition) is 0. The molecule has 12 heavy (non-hydrogen) atoms. The van der Waals surface area contributed by atoms with Crippen LogP contribution in [0.3, 0.4) is 0 Å². The van der Waals surface area contributed by atoms with E-state index >= 15 is 0 Å². The zero-order valence-corrected chi connectivity index (χ0v) is 7.41. The Hall–Kier alpha value is -1.06. The van der Waals surface area contributed by atoms with Crippen LogP contribution < -0.4 is 0 Å². The lowest BCUT2D eigenvalue weighted by molar-refractivity contribution is -0.160. The van der Waals surface area contributed by atoms with Gasteiger partial charge >= 0.3 is 5.97 Å². The number of unbranched alkanes of at least 4 members (excludes halogenated alkanes) is 1. The van der Waals surface area contributed by atoms with Gasteiger partial charge in [0.1, 0.15) is 0 Å². The van der Waals surface area contributed by atoms with Crippen molar-refractivity contribution in [2.45, 2.75) is 32.8 Å². The summed E-state index contributed by atoms with van der Waals surface area (Å²) in [7, 11) is 0. The van der Waals surface area contributed by atoms with Crippen LogP contribution in [-0.2, 0) is 19.1 Å². The van der Waals surface area contributed by atoms with Crippen molar-refractivity contribution in [3.8, 4) is 0 Å². The van der Waals surface area contributed by atoms with Gasteiger partial charge in [0.25, 0.3) is 6.47 Å². The number of carbonyl (C=O) groups is 2. The molecule has 0 amide bonds. The summed E-state index contributed by atoms with van der Waals surface area (Å²) in [6.45, 7) is 4.11. The molecule has 0 fully saturated rings. The molecule has 0 heterocycles. The highest BCUT2D eigenvalue weighted by molar-refractivity contribution is 5.75. The first kappa shape index (κ1) is 10.9. The van der Waals surface area contributed by atoms with Crippen molar-refractivity contribution in [3.05, 3.63) is 0 Å². The standard InChI is InChI=1S/C8H14O4/c1-3-4-5-11-8(10)7(2)12-6-9/h6-7H,3-5H2,1-2H3. The molecule has 70 valence electrons. The summed E-state index contributed by atoms with van der Waals surface area (Å²) in [5.41, 5.74) is 0. The van der Waals surface area contributed by atoms with Gasteiger partial charge in [-0.3, -0.25) is 4.79 Å². The Balaban J connectivity index is 3.49. The van der Waals surface area contributed by atoms with Crippen molar-refractivity contribution >= 4 is 12.4 Å². The van der Waals surface area contributed by atoms with Gasteiger partial charge in [-0.15, -0.1) is 0 Å². The van der Waals surface area contributed by atoms with E-state index in [0.29, 0.717) is 6.61 Å². The van der Waals surface area contributed by atoms with E-state index in [-0.39, 0.29) is 6.47 Å². The maximum Gasteiger partial charge on any atom is 0.347 e. The van der Waals surface area contributed by atoms with Crippen molar-refractivity contribution in [3.63, 3.8) is 0 Å². The van der Waals surface area contributed by atoms with Crippen LogP contribution in [0.15, 0.2) is 0 Å². The molecule has 0 aromatic heterocycles. The maximum atomic E-state index is 10.9. The lowest BCUT2D eigenvalue weighted by atomic mass is 10.3. The van der Waals surface area contributed by atoms with Crippen molar-refractivity contribution in [2.75, 3.05) is 6.61 Å². The lowest BCUT2D eigenvalue weighted by Crippen LogP contribution is -2.23. The molecule has 0 bridgehead atoms. The first-order chi connectivity index (χ1) is 5.72. The molecular weight excluding hydrogens is 160 g/mol. The number of carbonyl (C=O) groups excluding carboxylic acids is 2. The first-order valence-corrected chi connectivity index (χ1v) is 3.98. The summed E-state index contributed by atoms with van der Waals surface area (Å²) >= 11 is 0. The van der Waals surface area contributed by atoms with Gasteiger partial charge in [0.05, 0.1) is 6.61 Å². The summed E-state index contributed by atoms with van der Waals surface area (Å²) in [6.07, 6.45) is 1.01. The fourth-order valence-electron chi connectivity index (χ4n) is 0.573. The molecule has 1 atom stereocenters. The second-order valence-electron chi connectivity index (χ2n) is 2.40. The zero-order valence-electron chi connectivity index (χ0n) is 7.41. The summed E-state index contributed by atoms with van der Waals surface area (Å²) in [6, 6.07) is 0. The molecule has 0 rings (SSSR count). The Bertz CT molecular complexity index is 144. The van der Waals surface area contributed by atoms with Crippen molar-refractivity contribution < 1.29 is 19.1 Å². The Morgan fingerprint density at radius 1 is 1.58 bits per heavy atom. The van der Waals surface area contributed by atoms with Gasteiger partial charge in [-0.1, -0.05) is 13.3 Å². The quantitative estimate of drug-likeness (QED) is 0.341. The maximum absolute atomic E-state index is 10.9. The molecule has 0 aromatic carbocycles. The van der Waals surface area contributed by atoms with Crippen molar-refractivity contribution in [1.29, 1.82) is 0 Å². The zero-order chi connectivity index (χ0) is 9.40. The van der Waals surface area contributed by atoms with Crippen LogP contribution in [0.1, 0.15) is 26.7 Å². The molecular formula is C8H14O4. The highest BCUT2D eigenvalue weighted by Crippen LogP contribution is 1.95. The molecule has 0 spiro atoms. The lowest BCUT2D eigenvalue weighted by Gasteiger charge is -2.08. The molecule has 0 aromatic rings. The van der Waals surface area contributed by atoms with Crippen LogP contribution in [0.25, 0.3) is 0 Å². The molecule has 0 aliphatic carbocycles. The van der Waals surface area contributed by atoms with E-state index in [1.807, 2.05) is 6.92 Å². The van der Waals surface area contributed by atoms with E-state index in [9.17, 15) is 9.59 Å². The van der Waals surface area contributed by atoms with Gasteiger partial charge in [0.2, 0.25) is 0 Å². The van der Waals surface area contributed by atoms with Crippen LogP contribution in [0.2, 0.25) is 0 Å². The minimum Gasteiger partial charge on any atom is -0.463 e. The fourth-order valence-corrected chi connectivity index (χ4v) is 0.573. The van der Waals surface area contributed by atoms with Gasteiger partial charge in [0, 0.05) is 0 Å². The van der Waals surface area contributed by atoms with E-state index in [2.05, 4.69) is 4.74 Å². The van der Waals surface area contributed by atoms with E-state index < -0.39 is 12.1 Å². The second-order valence-corrected chi connectivity index (χ2v) is 2.40. The summed E-state index contributed by atoms with van der Waals surface area (Å²) < 4.78 is 9.15. The van der Waals surface area contributed by atoms with Gasteiger partial charge in [0.15, 0.2) is 6.10 Å². The molecule has 0 aliphatic rings. The molecule has 4 nitrogen and oxygen atoms in total. The van der Waals surface area contributed by atoms with E-state index in [1.165, 1.54) is 6.92 Å². The second kappa shape index (κ2) is 6.64. The fraction of sp³-hybridized carbons (Fsp3) is 0.750. The molecule has 0 N–H and O–H groups in total. The largest absolute Gasteiger partial charge is 0.463 e. The predicted molar refractivity (Wildman–Crippen MR) is 42.5 cm³/mol. The Kier molecular flexibility index (Phi) is 6.05. The Morgan fingerprint density at radius 2 is 2.25 bits per heavy atom. The van der Waals surface area contributed by atoms with Crippen LogP contribution in [-0.4, -0.2) is 25.2 Å². The first-order valence-electron chi connectivity index (χ1n) is 3.98. The number of hydrogen-bond acceptors (Lipinski definition) is 4. The minimum absolute atomic E-state index is 0.242. The van der Waals surface area contributed by atoms with E-state index in [1.54, 1.807) is 0 Å².